The van der Waals surface area contributed by atoms with Gasteiger partial charge in [-0.05, 0) is 86.0 Å². The Bertz CT molecular complexity index is 1890. The molecule has 11 heteroatoms. The lowest BCUT2D eigenvalue weighted by molar-refractivity contribution is -0.119. The molecular weight excluding hydrogens is 628 g/mol. The molecule has 4 rings (SSSR count). The van der Waals surface area contributed by atoms with Gasteiger partial charge in [-0.25, -0.2) is 9.59 Å². The fraction of sp³-hybridized carbons (Fsp3) is 0.342. The molecule has 0 aliphatic rings. The maximum absolute atomic E-state index is 13.7. The number of methoxy groups -OCH3 is 3. The van der Waals surface area contributed by atoms with Crippen LogP contribution in [0.5, 0.6) is 23.0 Å². The van der Waals surface area contributed by atoms with Crippen LogP contribution in [0.2, 0.25) is 0 Å². The number of aromatic nitrogens is 2. The standard InChI is InChI=1S/C38H42N2O9/c1-6-7-8-9-29(39-24-25(2)35(42)40(38(39)45)36(43)27-12-17-31(46-3)18-13-27)23-30(41)16-10-26-11-21-33(34(22-26)48-5)49-37(44)28-14-19-32(47-4)20-15-28/h11-15,17-22,24,29H,6-10,16,23H2,1-5H3. The topological polar surface area (TPSA) is 132 Å². The molecule has 1 aromatic heterocycles. The Kier molecular flexibility index (Phi) is 12.7. The van der Waals surface area contributed by atoms with Crippen LogP contribution in [0.3, 0.4) is 0 Å². The van der Waals surface area contributed by atoms with E-state index in [4.69, 9.17) is 18.9 Å². The molecule has 1 atom stereocenters. The van der Waals surface area contributed by atoms with E-state index in [2.05, 4.69) is 6.92 Å². The van der Waals surface area contributed by atoms with Crippen LogP contribution in [0.1, 0.15) is 83.3 Å². The number of unbranched alkanes of at least 4 members (excludes halogenated alkanes) is 2. The quantitative estimate of drug-likeness (QED) is 0.0804. The normalized spacial score (nSPS) is 11.4. The van der Waals surface area contributed by atoms with E-state index in [1.807, 2.05) is 0 Å². The lowest BCUT2D eigenvalue weighted by Gasteiger charge is -2.21. The second kappa shape index (κ2) is 17.1. The molecule has 0 fully saturated rings. The number of Topliss-reactive ketones (excluding diaryl/α,β-unsaturated/α-hetero) is 1. The summed E-state index contributed by atoms with van der Waals surface area (Å²) in [6.07, 6.45) is 5.18. The molecule has 0 radical (unpaired) electrons. The van der Waals surface area contributed by atoms with Crippen LogP contribution in [-0.4, -0.2) is 48.1 Å². The van der Waals surface area contributed by atoms with E-state index in [0.29, 0.717) is 40.2 Å². The van der Waals surface area contributed by atoms with Crippen LogP contribution < -0.4 is 30.2 Å². The third-order valence-electron chi connectivity index (χ3n) is 8.27. The first-order chi connectivity index (χ1) is 23.6. The Balaban J connectivity index is 1.50. The first-order valence-electron chi connectivity index (χ1n) is 16.2. The van der Waals surface area contributed by atoms with Gasteiger partial charge in [0.25, 0.3) is 11.5 Å². The summed E-state index contributed by atoms with van der Waals surface area (Å²) in [6.45, 7) is 3.61. The van der Waals surface area contributed by atoms with Gasteiger partial charge < -0.3 is 18.9 Å². The van der Waals surface area contributed by atoms with Gasteiger partial charge in [-0.3, -0.25) is 19.0 Å². The van der Waals surface area contributed by atoms with Crippen LogP contribution in [0.15, 0.2) is 82.5 Å². The van der Waals surface area contributed by atoms with Crippen molar-refractivity contribution in [2.75, 3.05) is 21.3 Å². The molecule has 1 unspecified atom stereocenters. The third kappa shape index (κ3) is 9.13. The Morgan fingerprint density at radius 2 is 1.41 bits per heavy atom. The van der Waals surface area contributed by atoms with Gasteiger partial charge in [0.1, 0.15) is 17.3 Å². The van der Waals surface area contributed by atoms with E-state index in [0.717, 1.165) is 24.8 Å². The average Bonchev–Trinajstić information content (AvgIpc) is 3.12. The van der Waals surface area contributed by atoms with Gasteiger partial charge >= 0.3 is 11.7 Å². The zero-order valence-corrected chi connectivity index (χ0v) is 28.5. The van der Waals surface area contributed by atoms with Crippen molar-refractivity contribution < 1.29 is 33.3 Å². The molecule has 11 nitrogen and oxygen atoms in total. The van der Waals surface area contributed by atoms with Crippen molar-refractivity contribution in [1.82, 2.24) is 9.13 Å². The number of ketones is 1. The van der Waals surface area contributed by atoms with Gasteiger partial charge in [0.2, 0.25) is 0 Å². The van der Waals surface area contributed by atoms with Crippen LogP contribution >= 0.6 is 0 Å². The van der Waals surface area contributed by atoms with E-state index in [9.17, 15) is 24.0 Å². The molecule has 258 valence electrons. The highest BCUT2D eigenvalue weighted by Gasteiger charge is 2.23. The van der Waals surface area contributed by atoms with Crippen molar-refractivity contribution in [3.05, 3.63) is 116 Å². The van der Waals surface area contributed by atoms with Crippen LogP contribution in [-0.2, 0) is 11.2 Å². The van der Waals surface area contributed by atoms with Crippen LogP contribution in [0, 0.1) is 6.92 Å². The minimum absolute atomic E-state index is 0.0483. The largest absolute Gasteiger partial charge is 0.497 e. The van der Waals surface area contributed by atoms with E-state index in [-0.39, 0.29) is 35.5 Å². The monoisotopic (exact) mass is 670 g/mol. The molecule has 0 saturated heterocycles. The van der Waals surface area contributed by atoms with Crippen molar-refractivity contribution in [1.29, 1.82) is 0 Å². The zero-order chi connectivity index (χ0) is 35.5. The highest BCUT2D eigenvalue weighted by atomic mass is 16.6. The molecule has 0 aliphatic heterocycles. The Labute approximate surface area is 285 Å². The predicted octanol–water partition coefficient (Wildman–Crippen LogP) is 5.97. The van der Waals surface area contributed by atoms with Gasteiger partial charge in [-0.1, -0.05) is 32.3 Å². The molecule has 0 saturated carbocycles. The van der Waals surface area contributed by atoms with Crippen molar-refractivity contribution in [3.63, 3.8) is 0 Å². The van der Waals surface area contributed by atoms with Crippen LogP contribution in [0.25, 0.3) is 0 Å². The van der Waals surface area contributed by atoms with Crippen molar-refractivity contribution in [2.45, 2.75) is 64.8 Å². The SMILES string of the molecule is CCCCCC(CC(=O)CCc1ccc(OC(=O)c2ccc(OC)cc2)c(OC)c1)n1cc(C)c(=O)n(C(=O)c2ccc(OC)cc2)c1=O. The number of nitrogens with zero attached hydrogens (tertiary/aromatic N) is 2. The summed E-state index contributed by atoms with van der Waals surface area (Å²) in [5.41, 5.74) is 0.0365. The van der Waals surface area contributed by atoms with Gasteiger partial charge in [0, 0.05) is 36.2 Å². The average molecular weight is 671 g/mol. The number of carbonyl (C=O) groups is 3. The Morgan fingerprint density at radius 1 is 0.776 bits per heavy atom. The molecule has 1 heterocycles. The third-order valence-corrected chi connectivity index (χ3v) is 8.27. The second-order valence-electron chi connectivity index (χ2n) is 11.7. The highest BCUT2D eigenvalue weighted by molar-refractivity contribution is 5.96. The number of ether oxygens (including phenoxy) is 4. The lowest BCUT2D eigenvalue weighted by Crippen LogP contribution is -2.45. The van der Waals surface area contributed by atoms with Crippen molar-refractivity contribution in [2.24, 2.45) is 0 Å². The highest BCUT2D eigenvalue weighted by Crippen LogP contribution is 2.30. The number of benzene rings is 3. The smallest absolute Gasteiger partial charge is 0.343 e. The lowest BCUT2D eigenvalue weighted by atomic mass is 9.98. The molecule has 3 aromatic carbocycles. The fourth-order valence-corrected chi connectivity index (χ4v) is 5.46. The maximum Gasteiger partial charge on any atom is 0.343 e. The van der Waals surface area contributed by atoms with Gasteiger partial charge in [0.05, 0.1) is 26.9 Å². The van der Waals surface area contributed by atoms with Gasteiger partial charge in [-0.2, -0.15) is 4.57 Å². The Hall–Kier alpha value is -5.45. The number of hydrogen-bond acceptors (Lipinski definition) is 9. The molecule has 0 amide bonds. The summed E-state index contributed by atoms with van der Waals surface area (Å²) >= 11 is 0. The predicted molar refractivity (Wildman–Crippen MR) is 184 cm³/mol. The van der Waals surface area contributed by atoms with Gasteiger partial charge in [-0.15, -0.1) is 0 Å². The number of carbonyl (C=O) groups excluding carboxylic acids is 3. The maximum atomic E-state index is 13.7. The van der Waals surface area contributed by atoms with Crippen LogP contribution in [0.4, 0.5) is 0 Å². The second-order valence-corrected chi connectivity index (χ2v) is 11.7. The number of esters is 1. The fourth-order valence-electron chi connectivity index (χ4n) is 5.46. The molecular formula is C38H42N2O9. The summed E-state index contributed by atoms with van der Waals surface area (Å²) in [7, 11) is 4.50. The molecule has 49 heavy (non-hydrogen) atoms. The first kappa shape index (κ1) is 36.4. The molecule has 4 aromatic rings. The summed E-state index contributed by atoms with van der Waals surface area (Å²) in [4.78, 5) is 66.3. The van der Waals surface area contributed by atoms with E-state index in [1.165, 1.54) is 37.1 Å². The molecule has 0 spiro atoms. The number of rotatable bonds is 16. The summed E-state index contributed by atoms with van der Waals surface area (Å²) in [5, 5.41) is 0. The summed E-state index contributed by atoms with van der Waals surface area (Å²) in [5.74, 6) is 0.341. The summed E-state index contributed by atoms with van der Waals surface area (Å²) in [6, 6.07) is 17.2. The zero-order valence-electron chi connectivity index (χ0n) is 28.5. The Morgan fingerprint density at radius 3 is 2.00 bits per heavy atom. The van der Waals surface area contributed by atoms with Crippen molar-refractivity contribution >= 4 is 17.7 Å². The van der Waals surface area contributed by atoms with Crippen molar-refractivity contribution in [3.8, 4) is 23.0 Å². The van der Waals surface area contributed by atoms with Gasteiger partial charge in [0.15, 0.2) is 11.5 Å². The number of hydrogen-bond donors (Lipinski definition) is 0. The van der Waals surface area contributed by atoms with E-state index in [1.54, 1.807) is 68.6 Å². The number of aryl methyl sites for hydroxylation is 2. The summed E-state index contributed by atoms with van der Waals surface area (Å²) < 4.78 is 23.3. The molecule has 0 N–H and O–H groups in total. The molecule has 0 aliphatic carbocycles. The molecule has 0 bridgehead atoms. The minimum atomic E-state index is -0.782. The first-order valence-corrected chi connectivity index (χ1v) is 16.2. The van der Waals surface area contributed by atoms with E-state index < -0.39 is 29.2 Å². The van der Waals surface area contributed by atoms with E-state index >= 15 is 0 Å². The minimum Gasteiger partial charge on any atom is -0.497 e.